The number of nitrogens with zero attached hydrogens (tertiary/aromatic N) is 1. The summed E-state index contributed by atoms with van der Waals surface area (Å²) in [5.41, 5.74) is 0. The van der Waals surface area contributed by atoms with Crippen molar-refractivity contribution in [1.29, 1.82) is 0 Å². The monoisotopic (exact) mass is 301 g/mol. The van der Waals surface area contributed by atoms with Crippen molar-refractivity contribution in [1.82, 2.24) is 4.31 Å². The molecule has 0 amide bonds. The number of benzene rings is 1. The van der Waals surface area contributed by atoms with Crippen LogP contribution in [0.3, 0.4) is 0 Å². The minimum absolute atomic E-state index is 0.0688. The van der Waals surface area contributed by atoms with Gasteiger partial charge in [0, 0.05) is 13.1 Å². The van der Waals surface area contributed by atoms with Crippen LogP contribution in [0.15, 0.2) is 29.2 Å². The summed E-state index contributed by atoms with van der Waals surface area (Å²) in [4.78, 5) is 0.270. The Morgan fingerprint density at radius 3 is 2.35 bits per heavy atom. The standard InChI is InChI=1S/C14H23NO4S/c1-3-5-10-15(4-2)20(17,18)14-8-6-13(7-9-14)19-12-11-16/h6-9,16H,3-5,10-12H2,1-2H3. The van der Waals surface area contributed by atoms with Crippen LogP contribution in [0.5, 0.6) is 5.75 Å². The third-order valence-corrected chi connectivity index (χ3v) is 4.92. The van der Waals surface area contributed by atoms with E-state index in [-0.39, 0.29) is 18.1 Å². The molecule has 0 heterocycles. The van der Waals surface area contributed by atoms with Gasteiger partial charge >= 0.3 is 0 Å². The Kier molecular flexibility index (Phi) is 6.98. The normalized spacial score (nSPS) is 11.8. The van der Waals surface area contributed by atoms with Crippen LogP contribution in [0, 0.1) is 0 Å². The molecule has 1 N–H and O–H groups in total. The zero-order chi connectivity index (χ0) is 15.0. The van der Waals surface area contributed by atoms with Crippen molar-refractivity contribution in [3.05, 3.63) is 24.3 Å². The lowest BCUT2D eigenvalue weighted by Crippen LogP contribution is -2.31. The van der Waals surface area contributed by atoms with E-state index < -0.39 is 10.0 Å². The number of sulfonamides is 1. The van der Waals surface area contributed by atoms with E-state index in [4.69, 9.17) is 9.84 Å². The third kappa shape index (κ3) is 4.47. The highest BCUT2D eigenvalue weighted by atomic mass is 32.2. The summed E-state index contributed by atoms with van der Waals surface area (Å²) in [6, 6.07) is 6.29. The van der Waals surface area contributed by atoms with Crippen molar-refractivity contribution in [3.8, 4) is 5.75 Å². The molecule has 20 heavy (non-hydrogen) atoms. The van der Waals surface area contributed by atoms with E-state index in [9.17, 15) is 8.42 Å². The second kappa shape index (κ2) is 8.24. The minimum Gasteiger partial charge on any atom is -0.491 e. The molecule has 0 saturated heterocycles. The predicted molar refractivity (Wildman–Crippen MR) is 78.4 cm³/mol. The van der Waals surface area contributed by atoms with Crippen molar-refractivity contribution >= 4 is 10.0 Å². The van der Waals surface area contributed by atoms with Crippen LogP contribution in [0.25, 0.3) is 0 Å². The number of aliphatic hydroxyl groups excluding tert-OH is 1. The first-order valence-corrected chi connectivity index (χ1v) is 8.34. The molecular formula is C14H23NO4S. The second-order valence-corrected chi connectivity index (χ2v) is 6.33. The summed E-state index contributed by atoms with van der Waals surface area (Å²) in [5.74, 6) is 0.551. The fourth-order valence-corrected chi connectivity index (χ4v) is 3.29. The Bertz CT molecular complexity index is 484. The summed E-state index contributed by atoms with van der Waals surface area (Å²) in [6.45, 7) is 5.01. The van der Waals surface area contributed by atoms with E-state index in [0.717, 1.165) is 12.8 Å². The molecule has 0 bridgehead atoms. The first-order chi connectivity index (χ1) is 9.56. The van der Waals surface area contributed by atoms with Crippen LogP contribution < -0.4 is 4.74 Å². The van der Waals surface area contributed by atoms with Gasteiger partial charge in [-0.25, -0.2) is 8.42 Å². The Morgan fingerprint density at radius 2 is 1.85 bits per heavy atom. The molecule has 0 saturated carbocycles. The molecule has 0 fully saturated rings. The Balaban J connectivity index is 2.85. The molecular weight excluding hydrogens is 278 g/mol. The lowest BCUT2D eigenvalue weighted by molar-refractivity contribution is 0.201. The molecule has 0 radical (unpaired) electrons. The van der Waals surface area contributed by atoms with Gasteiger partial charge in [0.25, 0.3) is 0 Å². The largest absolute Gasteiger partial charge is 0.491 e. The van der Waals surface area contributed by atoms with Gasteiger partial charge in [-0.2, -0.15) is 4.31 Å². The summed E-state index contributed by atoms with van der Waals surface area (Å²) < 4.78 is 31.6. The Morgan fingerprint density at radius 1 is 1.20 bits per heavy atom. The van der Waals surface area contributed by atoms with Crippen LogP contribution in [-0.4, -0.2) is 44.1 Å². The highest BCUT2D eigenvalue weighted by Crippen LogP contribution is 2.20. The van der Waals surface area contributed by atoms with Gasteiger partial charge in [0.15, 0.2) is 0 Å². The molecule has 0 aliphatic rings. The van der Waals surface area contributed by atoms with Crippen molar-refractivity contribution in [2.75, 3.05) is 26.3 Å². The molecule has 5 nitrogen and oxygen atoms in total. The van der Waals surface area contributed by atoms with Crippen LogP contribution in [-0.2, 0) is 10.0 Å². The van der Waals surface area contributed by atoms with Gasteiger partial charge in [0.05, 0.1) is 11.5 Å². The predicted octanol–water partition coefficient (Wildman–Crippen LogP) is 1.87. The lowest BCUT2D eigenvalue weighted by atomic mass is 10.3. The van der Waals surface area contributed by atoms with Gasteiger partial charge in [0.1, 0.15) is 12.4 Å². The average Bonchev–Trinajstić information content (AvgIpc) is 2.46. The zero-order valence-electron chi connectivity index (χ0n) is 12.1. The summed E-state index contributed by atoms with van der Waals surface area (Å²) in [6.07, 6.45) is 1.81. The van der Waals surface area contributed by atoms with E-state index in [2.05, 4.69) is 0 Å². The Labute approximate surface area is 121 Å². The van der Waals surface area contributed by atoms with Gasteiger partial charge < -0.3 is 9.84 Å². The molecule has 0 aliphatic carbocycles. The topological polar surface area (TPSA) is 66.8 Å². The quantitative estimate of drug-likeness (QED) is 0.756. The first kappa shape index (κ1) is 16.9. The van der Waals surface area contributed by atoms with Crippen LogP contribution in [0.1, 0.15) is 26.7 Å². The van der Waals surface area contributed by atoms with E-state index >= 15 is 0 Å². The number of ether oxygens (including phenoxy) is 1. The maximum Gasteiger partial charge on any atom is 0.243 e. The van der Waals surface area contributed by atoms with E-state index in [1.807, 2.05) is 13.8 Å². The first-order valence-electron chi connectivity index (χ1n) is 6.90. The molecule has 0 aliphatic heterocycles. The number of rotatable bonds is 9. The minimum atomic E-state index is -3.43. The number of unbranched alkanes of at least 4 members (excludes halogenated alkanes) is 1. The molecule has 0 spiro atoms. The smallest absolute Gasteiger partial charge is 0.243 e. The number of aliphatic hydroxyl groups is 1. The summed E-state index contributed by atoms with van der Waals surface area (Å²) >= 11 is 0. The van der Waals surface area contributed by atoms with Crippen LogP contribution >= 0.6 is 0 Å². The highest BCUT2D eigenvalue weighted by Gasteiger charge is 2.22. The van der Waals surface area contributed by atoms with Crippen LogP contribution in [0.4, 0.5) is 0 Å². The number of hydrogen-bond acceptors (Lipinski definition) is 4. The van der Waals surface area contributed by atoms with Gasteiger partial charge in [-0.3, -0.25) is 0 Å². The van der Waals surface area contributed by atoms with E-state index in [1.54, 1.807) is 12.1 Å². The van der Waals surface area contributed by atoms with E-state index in [0.29, 0.717) is 18.8 Å². The van der Waals surface area contributed by atoms with Crippen molar-refractivity contribution in [2.24, 2.45) is 0 Å². The molecule has 0 atom stereocenters. The van der Waals surface area contributed by atoms with Crippen molar-refractivity contribution in [2.45, 2.75) is 31.6 Å². The maximum atomic E-state index is 12.4. The van der Waals surface area contributed by atoms with Gasteiger partial charge in [0.2, 0.25) is 10.0 Å². The summed E-state index contributed by atoms with van der Waals surface area (Å²) in [7, 11) is -3.43. The number of hydrogen-bond donors (Lipinski definition) is 1. The molecule has 0 aromatic heterocycles. The molecule has 6 heteroatoms. The molecule has 0 unspecified atom stereocenters. The van der Waals surface area contributed by atoms with E-state index in [1.165, 1.54) is 16.4 Å². The summed E-state index contributed by atoms with van der Waals surface area (Å²) in [5, 5.41) is 8.67. The lowest BCUT2D eigenvalue weighted by Gasteiger charge is -2.20. The van der Waals surface area contributed by atoms with Gasteiger partial charge in [-0.1, -0.05) is 20.3 Å². The average molecular weight is 301 g/mol. The second-order valence-electron chi connectivity index (χ2n) is 4.39. The van der Waals surface area contributed by atoms with Crippen LogP contribution in [0.2, 0.25) is 0 Å². The fraction of sp³-hybridized carbons (Fsp3) is 0.571. The van der Waals surface area contributed by atoms with Gasteiger partial charge in [-0.05, 0) is 30.7 Å². The highest BCUT2D eigenvalue weighted by molar-refractivity contribution is 7.89. The molecule has 1 aromatic carbocycles. The zero-order valence-corrected chi connectivity index (χ0v) is 12.9. The molecule has 1 rings (SSSR count). The van der Waals surface area contributed by atoms with Crippen molar-refractivity contribution in [3.63, 3.8) is 0 Å². The Hall–Kier alpha value is -1.11. The maximum absolute atomic E-state index is 12.4. The third-order valence-electron chi connectivity index (χ3n) is 2.94. The van der Waals surface area contributed by atoms with Crippen molar-refractivity contribution < 1.29 is 18.3 Å². The SMILES string of the molecule is CCCCN(CC)S(=O)(=O)c1ccc(OCCO)cc1. The fourth-order valence-electron chi connectivity index (χ4n) is 1.80. The van der Waals surface area contributed by atoms with Gasteiger partial charge in [-0.15, -0.1) is 0 Å². The molecule has 114 valence electrons. The molecule has 1 aromatic rings.